The van der Waals surface area contributed by atoms with Crippen molar-refractivity contribution in [3.8, 4) is 0 Å². The average molecular weight is 184 g/mol. The third kappa shape index (κ3) is 3.65. The number of hydrogen-bond acceptors (Lipinski definition) is 2. The van der Waals surface area contributed by atoms with Gasteiger partial charge >= 0.3 is 0 Å². The summed E-state index contributed by atoms with van der Waals surface area (Å²) in [7, 11) is 2.23. The van der Waals surface area contributed by atoms with E-state index in [0.717, 1.165) is 12.5 Å². The van der Waals surface area contributed by atoms with Crippen LogP contribution < -0.4 is 5.73 Å². The van der Waals surface area contributed by atoms with Gasteiger partial charge in [-0.1, -0.05) is 13.8 Å². The molecule has 0 heterocycles. The van der Waals surface area contributed by atoms with Crippen LogP contribution >= 0.6 is 0 Å². The number of hydrogen-bond donors (Lipinski definition) is 1. The lowest BCUT2D eigenvalue weighted by Crippen LogP contribution is -2.31. The fraction of sp³-hybridized carbons (Fsp3) is 1.00. The molecule has 0 aliphatic heterocycles. The molecular formula is C11H24N2. The van der Waals surface area contributed by atoms with Gasteiger partial charge in [0.25, 0.3) is 0 Å². The molecule has 1 aliphatic rings. The summed E-state index contributed by atoms with van der Waals surface area (Å²) in [6.07, 6.45) is 4.01. The van der Waals surface area contributed by atoms with Crippen molar-refractivity contribution >= 4 is 0 Å². The molecule has 0 aromatic rings. The van der Waals surface area contributed by atoms with Crippen LogP contribution in [0.25, 0.3) is 0 Å². The van der Waals surface area contributed by atoms with Gasteiger partial charge in [0, 0.05) is 13.1 Å². The van der Waals surface area contributed by atoms with Crippen LogP contribution in [0, 0.1) is 11.3 Å². The van der Waals surface area contributed by atoms with Crippen molar-refractivity contribution in [3.05, 3.63) is 0 Å². The molecule has 2 heteroatoms. The van der Waals surface area contributed by atoms with Crippen molar-refractivity contribution in [1.82, 2.24) is 4.90 Å². The molecule has 0 bridgehead atoms. The van der Waals surface area contributed by atoms with Crippen molar-refractivity contribution in [3.63, 3.8) is 0 Å². The Morgan fingerprint density at radius 3 is 2.38 bits per heavy atom. The molecule has 2 nitrogen and oxygen atoms in total. The Hall–Kier alpha value is -0.0800. The summed E-state index contributed by atoms with van der Waals surface area (Å²) in [6, 6.07) is 0. The van der Waals surface area contributed by atoms with Gasteiger partial charge in [-0.25, -0.2) is 0 Å². The minimum absolute atomic E-state index is 0.610. The highest BCUT2D eigenvalue weighted by Crippen LogP contribution is 2.48. The van der Waals surface area contributed by atoms with Gasteiger partial charge in [0.05, 0.1) is 0 Å². The minimum atomic E-state index is 0.610. The van der Waals surface area contributed by atoms with E-state index >= 15 is 0 Å². The van der Waals surface area contributed by atoms with Gasteiger partial charge in [-0.05, 0) is 44.2 Å². The Balaban J connectivity index is 2.23. The topological polar surface area (TPSA) is 29.3 Å². The number of nitrogens with zero attached hydrogens (tertiary/aromatic N) is 1. The van der Waals surface area contributed by atoms with E-state index in [1.807, 2.05) is 0 Å². The molecule has 2 N–H and O–H groups in total. The molecule has 1 saturated carbocycles. The first-order chi connectivity index (χ1) is 6.08. The van der Waals surface area contributed by atoms with E-state index in [1.165, 1.54) is 32.4 Å². The molecular weight excluding hydrogens is 160 g/mol. The summed E-state index contributed by atoms with van der Waals surface area (Å²) in [4.78, 5) is 2.47. The van der Waals surface area contributed by atoms with Crippen LogP contribution in [-0.2, 0) is 0 Å². The fourth-order valence-corrected chi connectivity index (χ4v) is 2.23. The molecule has 0 spiro atoms. The second kappa shape index (κ2) is 4.43. The lowest BCUT2D eigenvalue weighted by Gasteiger charge is -2.24. The summed E-state index contributed by atoms with van der Waals surface area (Å²) in [5, 5.41) is 0. The predicted molar refractivity (Wildman–Crippen MR) is 57.7 cm³/mol. The third-order valence-electron chi connectivity index (χ3n) is 2.91. The van der Waals surface area contributed by atoms with Crippen LogP contribution in [0.4, 0.5) is 0 Å². The fourth-order valence-electron chi connectivity index (χ4n) is 2.23. The van der Waals surface area contributed by atoms with Gasteiger partial charge in [0.1, 0.15) is 0 Å². The van der Waals surface area contributed by atoms with E-state index in [4.69, 9.17) is 5.73 Å². The Morgan fingerprint density at radius 2 is 2.00 bits per heavy atom. The molecule has 1 aliphatic carbocycles. The maximum Gasteiger partial charge on any atom is 0.00355 e. The van der Waals surface area contributed by atoms with Crippen LogP contribution in [0.3, 0.4) is 0 Å². The second-order valence-corrected chi connectivity index (χ2v) is 5.13. The lowest BCUT2D eigenvalue weighted by molar-refractivity contribution is 0.232. The van der Waals surface area contributed by atoms with E-state index in [2.05, 4.69) is 25.8 Å². The highest BCUT2D eigenvalue weighted by molar-refractivity contribution is 4.95. The molecule has 0 amide bonds. The van der Waals surface area contributed by atoms with Gasteiger partial charge in [0.15, 0.2) is 0 Å². The van der Waals surface area contributed by atoms with Crippen LogP contribution in [0.15, 0.2) is 0 Å². The average Bonchev–Trinajstić information content (AvgIpc) is 2.67. The van der Waals surface area contributed by atoms with Crippen molar-refractivity contribution in [2.75, 3.05) is 26.7 Å². The Kier molecular flexibility index (Phi) is 3.74. The van der Waals surface area contributed by atoms with Crippen molar-refractivity contribution in [2.45, 2.75) is 33.1 Å². The monoisotopic (exact) mass is 184 g/mol. The zero-order valence-corrected chi connectivity index (χ0v) is 9.34. The highest BCUT2D eigenvalue weighted by Gasteiger charge is 2.42. The first-order valence-electron chi connectivity index (χ1n) is 5.47. The van der Waals surface area contributed by atoms with Gasteiger partial charge in [-0.3, -0.25) is 0 Å². The standard InChI is InChI=1S/C11H24N2/c1-10(2)8-13(3)9-11(4-5-11)6-7-12/h10H,4-9,12H2,1-3H3. The first-order valence-corrected chi connectivity index (χ1v) is 5.47. The molecule has 78 valence electrons. The maximum atomic E-state index is 5.61. The normalized spacial score (nSPS) is 19.8. The van der Waals surface area contributed by atoms with E-state index < -0.39 is 0 Å². The van der Waals surface area contributed by atoms with Crippen molar-refractivity contribution in [1.29, 1.82) is 0 Å². The van der Waals surface area contributed by atoms with Gasteiger partial charge < -0.3 is 10.6 Å². The highest BCUT2D eigenvalue weighted by atomic mass is 15.1. The van der Waals surface area contributed by atoms with E-state index in [0.29, 0.717) is 5.41 Å². The zero-order chi connectivity index (χ0) is 9.90. The van der Waals surface area contributed by atoms with Crippen LogP contribution in [-0.4, -0.2) is 31.6 Å². The predicted octanol–water partition coefficient (Wildman–Crippen LogP) is 1.70. The van der Waals surface area contributed by atoms with Gasteiger partial charge in [0.2, 0.25) is 0 Å². The summed E-state index contributed by atoms with van der Waals surface area (Å²) in [6.45, 7) is 7.88. The summed E-state index contributed by atoms with van der Waals surface area (Å²) >= 11 is 0. The molecule has 1 fully saturated rings. The Labute approximate surface area is 82.5 Å². The molecule has 0 aromatic carbocycles. The summed E-state index contributed by atoms with van der Waals surface area (Å²) < 4.78 is 0. The molecule has 13 heavy (non-hydrogen) atoms. The minimum Gasteiger partial charge on any atom is -0.330 e. The van der Waals surface area contributed by atoms with Crippen LogP contribution in [0.5, 0.6) is 0 Å². The van der Waals surface area contributed by atoms with E-state index in [-0.39, 0.29) is 0 Å². The number of nitrogens with two attached hydrogens (primary N) is 1. The van der Waals surface area contributed by atoms with E-state index in [9.17, 15) is 0 Å². The Morgan fingerprint density at radius 1 is 1.38 bits per heavy atom. The molecule has 0 radical (unpaired) electrons. The molecule has 0 saturated heterocycles. The quantitative estimate of drug-likeness (QED) is 0.681. The van der Waals surface area contributed by atoms with Crippen LogP contribution in [0.1, 0.15) is 33.1 Å². The van der Waals surface area contributed by atoms with Crippen molar-refractivity contribution in [2.24, 2.45) is 17.1 Å². The summed E-state index contributed by atoms with van der Waals surface area (Å²) in [5.41, 5.74) is 6.22. The molecule has 0 aromatic heterocycles. The Bertz CT molecular complexity index is 150. The first kappa shape index (κ1) is 11.0. The van der Waals surface area contributed by atoms with E-state index in [1.54, 1.807) is 0 Å². The molecule has 0 atom stereocenters. The SMILES string of the molecule is CC(C)CN(C)CC1(CCN)CC1. The van der Waals surface area contributed by atoms with Crippen LogP contribution in [0.2, 0.25) is 0 Å². The zero-order valence-electron chi connectivity index (χ0n) is 9.34. The largest absolute Gasteiger partial charge is 0.330 e. The van der Waals surface area contributed by atoms with Crippen molar-refractivity contribution < 1.29 is 0 Å². The maximum absolute atomic E-state index is 5.61. The molecule has 0 unspecified atom stereocenters. The summed E-state index contributed by atoms with van der Waals surface area (Å²) in [5.74, 6) is 0.777. The third-order valence-corrected chi connectivity index (χ3v) is 2.91. The van der Waals surface area contributed by atoms with Gasteiger partial charge in [-0.2, -0.15) is 0 Å². The number of rotatable bonds is 6. The van der Waals surface area contributed by atoms with Gasteiger partial charge in [-0.15, -0.1) is 0 Å². The second-order valence-electron chi connectivity index (χ2n) is 5.13. The molecule has 1 rings (SSSR count). The smallest absolute Gasteiger partial charge is 0.00355 e. The lowest BCUT2D eigenvalue weighted by atomic mass is 10.0.